The number of anilines is 1. The van der Waals surface area contributed by atoms with Gasteiger partial charge >= 0.3 is 0 Å². The molecule has 0 saturated carbocycles. The molecule has 0 amide bonds. The second-order valence-electron chi connectivity index (χ2n) is 6.54. The van der Waals surface area contributed by atoms with Crippen molar-refractivity contribution in [3.8, 4) is 5.69 Å². The van der Waals surface area contributed by atoms with Crippen LogP contribution in [0.2, 0.25) is 0 Å². The Bertz CT molecular complexity index is 805. The Morgan fingerprint density at radius 3 is 2.58 bits per heavy atom. The number of ether oxygens (including phenoxy) is 1. The summed E-state index contributed by atoms with van der Waals surface area (Å²) in [6.07, 6.45) is 3.46. The Kier molecular flexibility index (Phi) is 5.21. The van der Waals surface area contributed by atoms with Gasteiger partial charge in [0.1, 0.15) is 0 Å². The summed E-state index contributed by atoms with van der Waals surface area (Å²) in [5.41, 5.74) is 2.35. The highest BCUT2D eigenvalue weighted by Crippen LogP contribution is 2.20. The first-order chi connectivity index (χ1) is 12.9. The van der Waals surface area contributed by atoms with E-state index in [0.29, 0.717) is 6.61 Å². The zero-order valence-electron chi connectivity index (χ0n) is 14.7. The minimum atomic E-state index is 0.216. The molecule has 1 aliphatic heterocycles. The van der Waals surface area contributed by atoms with E-state index >= 15 is 0 Å². The van der Waals surface area contributed by atoms with Crippen molar-refractivity contribution in [3.63, 3.8) is 0 Å². The number of hydrogen-bond acceptors (Lipinski definition) is 5. The van der Waals surface area contributed by atoms with E-state index in [9.17, 15) is 0 Å². The van der Waals surface area contributed by atoms with Gasteiger partial charge in [-0.15, -0.1) is 0 Å². The van der Waals surface area contributed by atoms with Gasteiger partial charge in [-0.25, -0.2) is 0 Å². The van der Waals surface area contributed by atoms with Crippen LogP contribution in [-0.4, -0.2) is 46.0 Å². The smallest absolute Gasteiger partial charge is 0.250 e. The van der Waals surface area contributed by atoms with E-state index in [1.54, 1.807) is 4.68 Å². The first-order valence-corrected chi connectivity index (χ1v) is 9.14. The molecule has 26 heavy (non-hydrogen) atoms. The lowest BCUT2D eigenvalue weighted by molar-refractivity contribution is 0.0334. The fourth-order valence-electron chi connectivity index (χ4n) is 3.37. The van der Waals surface area contributed by atoms with Crippen LogP contribution < -0.4 is 4.90 Å². The van der Waals surface area contributed by atoms with E-state index in [4.69, 9.17) is 4.74 Å². The minimum Gasteiger partial charge on any atom is -0.375 e. The predicted molar refractivity (Wildman–Crippen MR) is 100 cm³/mol. The Morgan fingerprint density at radius 2 is 1.77 bits per heavy atom. The van der Waals surface area contributed by atoms with Crippen LogP contribution in [0.5, 0.6) is 0 Å². The molecule has 0 spiro atoms. The first-order valence-electron chi connectivity index (χ1n) is 9.14. The Hall–Kier alpha value is -2.73. The molecule has 1 fully saturated rings. The van der Waals surface area contributed by atoms with Crippen LogP contribution in [0.3, 0.4) is 0 Å². The lowest BCUT2D eigenvalue weighted by Gasteiger charge is -2.33. The van der Waals surface area contributed by atoms with Gasteiger partial charge in [0, 0.05) is 13.1 Å². The van der Waals surface area contributed by atoms with E-state index in [1.807, 2.05) is 30.3 Å². The van der Waals surface area contributed by atoms with Crippen molar-refractivity contribution in [2.45, 2.75) is 25.4 Å². The van der Waals surface area contributed by atoms with Crippen LogP contribution in [0, 0.1) is 0 Å². The van der Waals surface area contributed by atoms with Gasteiger partial charge in [0.15, 0.2) is 0 Å². The molecular formula is C20H23N5O. The molecule has 1 aliphatic rings. The third-order valence-electron chi connectivity index (χ3n) is 4.71. The summed E-state index contributed by atoms with van der Waals surface area (Å²) in [4.78, 5) is 2.23. The molecule has 6 heteroatoms. The molecule has 2 aromatic carbocycles. The summed E-state index contributed by atoms with van der Waals surface area (Å²) in [5, 5.41) is 12.3. The van der Waals surface area contributed by atoms with Crippen molar-refractivity contribution in [1.82, 2.24) is 20.2 Å². The Morgan fingerprint density at radius 1 is 1.00 bits per heavy atom. The lowest BCUT2D eigenvalue weighted by Crippen LogP contribution is -2.43. The highest BCUT2D eigenvalue weighted by molar-refractivity contribution is 5.40. The van der Waals surface area contributed by atoms with Crippen LogP contribution in [-0.2, 0) is 11.2 Å². The van der Waals surface area contributed by atoms with Crippen molar-refractivity contribution in [3.05, 3.63) is 66.2 Å². The third-order valence-corrected chi connectivity index (χ3v) is 4.71. The summed E-state index contributed by atoms with van der Waals surface area (Å²) < 4.78 is 7.77. The van der Waals surface area contributed by atoms with Crippen molar-refractivity contribution in [2.24, 2.45) is 0 Å². The average molecular weight is 349 g/mol. The molecule has 1 unspecified atom stereocenters. The lowest BCUT2D eigenvalue weighted by atomic mass is 10.1. The van der Waals surface area contributed by atoms with E-state index in [1.165, 1.54) is 5.56 Å². The summed E-state index contributed by atoms with van der Waals surface area (Å²) in [6, 6.07) is 20.6. The van der Waals surface area contributed by atoms with Gasteiger partial charge in [-0.3, -0.25) is 0 Å². The van der Waals surface area contributed by atoms with Gasteiger partial charge in [-0.2, -0.15) is 4.68 Å². The van der Waals surface area contributed by atoms with E-state index in [0.717, 1.165) is 44.0 Å². The topological polar surface area (TPSA) is 56.1 Å². The van der Waals surface area contributed by atoms with Crippen LogP contribution in [0.25, 0.3) is 5.69 Å². The number of para-hydroxylation sites is 1. The standard InChI is InChI=1S/C20H23N5O/c1-3-8-17(9-4-1)10-7-13-19-16-24(14-15-26-19)20-21-22-23-25(20)18-11-5-2-6-12-18/h1-6,8-9,11-12,19H,7,10,13-16H2. The van der Waals surface area contributed by atoms with Gasteiger partial charge in [0.2, 0.25) is 0 Å². The molecule has 0 radical (unpaired) electrons. The van der Waals surface area contributed by atoms with Gasteiger partial charge in [-0.05, 0) is 47.4 Å². The highest BCUT2D eigenvalue weighted by atomic mass is 16.5. The molecule has 1 aromatic heterocycles. The normalized spacial score (nSPS) is 17.4. The molecule has 1 saturated heterocycles. The van der Waals surface area contributed by atoms with Gasteiger partial charge < -0.3 is 9.64 Å². The van der Waals surface area contributed by atoms with Crippen molar-refractivity contribution in [2.75, 3.05) is 24.6 Å². The quantitative estimate of drug-likeness (QED) is 0.685. The number of tetrazole rings is 1. The number of aromatic nitrogens is 4. The van der Waals surface area contributed by atoms with E-state index in [-0.39, 0.29) is 6.10 Å². The number of hydrogen-bond donors (Lipinski definition) is 0. The van der Waals surface area contributed by atoms with Crippen LogP contribution in [0.15, 0.2) is 60.7 Å². The summed E-state index contributed by atoms with van der Waals surface area (Å²) >= 11 is 0. The molecule has 0 aliphatic carbocycles. The largest absolute Gasteiger partial charge is 0.375 e. The van der Waals surface area contributed by atoms with Crippen molar-refractivity contribution < 1.29 is 4.74 Å². The first kappa shape index (κ1) is 16.7. The Labute approximate surface area is 153 Å². The maximum Gasteiger partial charge on any atom is 0.250 e. The molecule has 134 valence electrons. The molecule has 3 aromatic rings. The SMILES string of the molecule is c1ccc(CCCC2CN(c3nnnn3-c3ccccc3)CCO2)cc1. The number of morpholine rings is 1. The monoisotopic (exact) mass is 349 g/mol. The number of benzene rings is 2. The van der Waals surface area contributed by atoms with E-state index in [2.05, 4.69) is 50.8 Å². The van der Waals surface area contributed by atoms with Gasteiger partial charge in [-0.1, -0.05) is 53.6 Å². The van der Waals surface area contributed by atoms with Crippen LogP contribution in [0.1, 0.15) is 18.4 Å². The second kappa shape index (κ2) is 8.10. The zero-order valence-corrected chi connectivity index (χ0v) is 14.7. The zero-order chi connectivity index (χ0) is 17.6. The fourth-order valence-corrected chi connectivity index (χ4v) is 3.37. The maximum atomic E-state index is 5.97. The molecule has 1 atom stereocenters. The molecule has 0 N–H and O–H groups in total. The predicted octanol–water partition coefficient (Wildman–Crippen LogP) is 2.89. The highest BCUT2D eigenvalue weighted by Gasteiger charge is 2.24. The number of aryl methyl sites for hydroxylation is 1. The van der Waals surface area contributed by atoms with Crippen LogP contribution in [0.4, 0.5) is 5.95 Å². The fraction of sp³-hybridized carbons (Fsp3) is 0.350. The van der Waals surface area contributed by atoms with E-state index < -0.39 is 0 Å². The second-order valence-corrected chi connectivity index (χ2v) is 6.54. The van der Waals surface area contributed by atoms with Crippen molar-refractivity contribution in [1.29, 1.82) is 0 Å². The summed E-state index contributed by atoms with van der Waals surface area (Å²) in [6.45, 7) is 2.34. The molecular weight excluding hydrogens is 326 g/mol. The average Bonchev–Trinajstić information content (AvgIpc) is 3.20. The molecule has 0 bridgehead atoms. The molecule has 2 heterocycles. The summed E-state index contributed by atoms with van der Waals surface area (Å²) in [5.74, 6) is 0.785. The number of rotatable bonds is 6. The Balaban J connectivity index is 1.38. The van der Waals surface area contributed by atoms with Gasteiger partial charge in [0.25, 0.3) is 5.95 Å². The third kappa shape index (κ3) is 3.91. The van der Waals surface area contributed by atoms with Crippen LogP contribution >= 0.6 is 0 Å². The molecule has 4 rings (SSSR count). The molecule has 6 nitrogen and oxygen atoms in total. The number of nitrogens with zero attached hydrogens (tertiary/aromatic N) is 5. The summed E-state index contributed by atoms with van der Waals surface area (Å²) in [7, 11) is 0. The van der Waals surface area contributed by atoms with Gasteiger partial charge in [0.05, 0.1) is 18.4 Å². The minimum absolute atomic E-state index is 0.216. The van der Waals surface area contributed by atoms with Crippen molar-refractivity contribution >= 4 is 5.95 Å². The maximum absolute atomic E-state index is 5.97.